The highest BCUT2D eigenvalue weighted by Crippen LogP contribution is 2.26. The molecule has 0 saturated carbocycles. The fourth-order valence-electron chi connectivity index (χ4n) is 3.28. The first-order chi connectivity index (χ1) is 15.8. The lowest BCUT2D eigenvalue weighted by Crippen LogP contribution is -2.41. The first-order valence-corrected chi connectivity index (χ1v) is 12.5. The van der Waals surface area contributed by atoms with Crippen LogP contribution < -0.4 is 14.4 Å². The van der Waals surface area contributed by atoms with Crippen molar-refractivity contribution in [3.8, 4) is 5.75 Å². The quantitative estimate of drug-likeness (QED) is 0.444. The van der Waals surface area contributed by atoms with Crippen LogP contribution in [-0.2, 0) is 14.8 Å². The van der Waals surface area contributed by atoms with Gasteiger partial charge in [0.05, 0.1) is 17.2 Å². The van der Waals surface area contributed by atoms with E-state index in [4.69, 9.17) is 16.3 Å². The van der Waals surface area contributed by atoms with Gasteiger partial charge in [0.1, 0.15) is 12.3 Å². The number of halogens is 1. The number of ether oxygens (including phenoxy) is 1. The van der Waals surface area contributed by atoms with Crippen LogP contribution in [-0.4, -0.2) is 34.0 Å². The van der Waals surface area contributed by atoms with Gasteiger partial charge in [-0.15, -0.1) is 0 Å². The Morgan fingerprint density at radius 2 is 1.64 bits per heavy atom. The third kappa shape index (κ3) is 6.49. The molecule has 0 heterocycles. The zero-order chi connectivity index (χ0) is 23.8. The summed E-state index contributed by atoms with van der Waals surface area (Å²) in [6, 6.07) is 22.3. The fourth-order valence-corrected chi connectivity index (χ4v) is 4.82. The average Bonchev–Trinajstić information content (AvgIpc) is 2.82. The molecule has 0 radical (unpaired) electrons. The van der Waals surface area contributed by atoms with Gasteiger partial charge < -0.3 is 10.1 Å². The molecule has 0 fully saturated rings. The van der Waals surface area contributed by atoms with E-state index in [1.807, 2.05) is 44.2 Å². The lowest BCUT2D eigenvalue weighted by Gasteiger charge is -2.25. The molecule has 0 aliphatic carbocycles. The second-order valence-electron chi connectivity index (χ2n) is 7.51. The molecule has 0 bridgehead atoms. The Hall–Kier alpha value is -3.03. The highest BCUT2D eigenvalue weighted by Gasteiger charge is 2.27. The molecule has 0 aliphatic rings. The maximum absolute atomic E-state index is 13.4. The predicted molar refractivity (Wildman–Crippen MR) is 131 cm³/mol. The van der Waals surface area contributed by atoms with Crippen LogP contribution in [0.25, 0.3) is 0 Å². The molecule has 6 nitrogen and oxygen atoms in total. The first kappa shape index (κ1) is 24.6. The van der Waals surface area contributed by atoms with Gasteiger partial charge in [0.25, 0.3) is 10.0 Å². The summed E-state index contributed by atoms with van der Waals surface area (Å²) in [5, 5.41) is 3.28. The van der Waals surface area contributed by atoms with E-state index in [0.717, 1.165) is 9.87 Å². The van der Waals surface area contributed by atoms with Crippen LogP contribution in [0, 0.1) is 0 Å². The molecule has 0 aromatic heterocycles. The van der Waals surface area contributed by atoms with Crippen molar-refractivity contribution in [1.82, 2.24) is 5.32 Å². The molecule has 174 valence electrons. The Morgan fingerprint density at radius 3 is 2.24 bits per heavy atom. The van der Waals surface area contributed by atoms with Gasteiger partial charge in [-0.25, -0.2) is 8.42 Å². The molecule has 8 heteroatoms. The van der Waals surface area contributed by atoms with Gasteiger partial charge in [0, 0.05) is 11.6 Å². The van der Waals surface area contributed by atoms with E-state index in [9.17, 15) is 13.2 Å². The summed E-state index contributed by atoms with van der Waals surface area (Å²) >= 11 is 5.92. The minimum atomic E-state index is -4.01. The van der Waals surface area contributed by atoms with E-state index in [1.165, 1.54) is 24.3 Å². The predicted octanol–water partition coefficient (Wildman–Crippen LogP) is 4.85. The largest absolute Gasteiger partial charge is 0.494 e. The number of hydrogen-bond acceptors (Lipinski definition) is 4. The van der Waals surface area contributed by atoms with Crippen molar-refractivity contribution in [2.45, 2.75) is 24.7 Å². The number of nitrogens with one attached hydrogen (secondary N) is 1. The topological polar surface area (TPSA) is 75.7 Å². The molecule has 0 aliphatic heterocycles. The normalized spacial score (nSPS) is 12.1. The van der Waals surface area contributed by atoms with Crippen LogP contribution in [0.2, 0.25) is 5.02 Å². The summed E-state index contributed by atoms with van der Waals surface area (Å²) in [7, 11) is -4.01. The molecule has 1 unspecified atom stereocenters. The number of sulfonamides is 1. The van der Waals surface area contributed by atoms with Crippen molar-refractivity contribution in [3.05, 3.63) is 89.4 Å². The molecule has 3 aromatic rings. The number of benzene rings is 3. The molecule has 0 spiro atoms. The number of rotatable bonds is 10. The molecular formula is C25H27ClN2O4S. The van der Waals surface area contributed by atoms with Gasteiger partial charge in [0.2, 0.25) is 5.91 Å². The van der Waals surface area contributed by atoms with Crippen molar-refractivity contribution < 1.29 is 17.9 Å². The Labute approximate surface area is 200 Å². The average molecular weight is 487 g/mol. The summed E-state index contributed by atoms with van der Waals surface area (Å²) < 4.78 is 33.4. The molecule has 1 atom stereocenters. The van der Waals surface area contributed by atoms with Gasteiger partial charge in [-0.1, -0.05) is 48.9 Å². The molecule has 1 N–H and O–H groups in total. The fraction of sp³-hybridized carbons (Fsp3) is 0.240. The Kier molecular flexibility index (Phi) is 8.36. The summed E-state index contributed by atoms with van der Waals surface area (Å²) in [4.78, 5) is 12.8. The van der Waals surface area contributed by atoms with E-state index in [0.29, 0.717) is 29.6 Å². The van der Waals surface area contributed by atoms with Crippen LogP contribution >= 0.6 is 11.6 Å². The zero-order valence-electron chi connectivity index (χ0n) is 18.6. The summed E-state index contributed by atoms with van der Waals surface area (Å²) in [5.41, 5.74) is 1.45. The van der Waals surface area contributed by atoms with Crippen LogP contribution in [0.3, 0.4) is 0 Å². The second kappa shape index (κ2) is 11.2. The minimum absolute atomic E-state index is 0.0474. The number of hydrogen-bond donors (Lipinski definition) is 1. The number of carbonyl (C=O) groups excluding carboxylic acids is 1. The van der Waals surface area contributed by atoms with Crippen LogP contribution in [0.1, 0.15) is 25.3 Å². The maximum atomic E-state index is 13.4. The Bertz CT molecular complexity index is 1150. The number of amides is 1. The highest BCUT2D eigenvalue weighted by molar-refractivity contribution is 7.92. The smallest absolute Gasteiger partial charge is 0.264 e. The molecule has 1 amide bonds. The first-order valence-electron chi connectivity index (χ1n) is 10.6. The standard InChI is InChI=1S/C25H27ClN2O4S/c1-3-32-23-13-11-22(12-14-23)28(33(30,31)24-15-9-21(26)10-16-24)18-25(29)27-17-19(2)20-7-5-4-6-8-20/h4-16,19H,3,17-18H2,1-2H3,(H,27,29). The molecule has 0 saturated heterocycles. The van der Waals surface area contributed by atoms with Crippen molar-refractivity contribution in [2.24, 2.45) is 0 Å². The van der Waals surface area contributed by atoms with Crippen molar-refractivity contribution in [3.63, 3.8) is 0 Å². The van der Waals surface area contributed by atoms with Gasteiger partial charge >= 0.3 is 0 Å². The van der Waals surface area contributed by atoms with Gasteiger partial charge in [-0.05, 0) is 66.9 Å². The van der Waals surface area contributed by atoms with E-state index in [2.05, 4.69) is 5.32 Å². The van der Waals surface area contributed by atoms with Crippen molar-refractivity contribution in [1.29, 1.82) is 0 Å². The lowest BCUT2D eigenvalue weighted by molar-refractivity contribution is -0.119. The highest BCUT2D eigenvalue weighted by atomic mass is 35.5. The van der Waals surface area contributed by atoms with Gasteiger partial charge in [0.15, 0.2) is 0 Å². The monoisotopic (exact) mass is 486 g/mol. The second-order valence-corrected chi connectivity index (χ2v) is 9.81. The number of carbonyl (C=O) groups is 1. The zero-order valence-corrected chi connectivity index (χ0v) is 20.1. The van der Waals surface area contributed by atoms with Crippen molar-refractivity contribution in [2.75, 3.05) is 24.0 Å². The molecule has 33 heavy (non-hydrogen) atoms. The lowest BCUT2D eigenvalue weighted by atomic mass is 10.0. The minimum Gasteiger partial charge on any atom is -0.494 e. The number of anilines is 1. The Morgan fingerprint density at radius 1 is 1.00 bits per heavy atom. The summed E-state index contributed by atoms with van der Waals surface area (Å²) in [6.07, 6.45) is 0. The van der Waals surface area contributed by atoms with E-state index < -0.39 is 15.9 Å². The Balaban J connectivity index is 1.82. The van der Waals surface area contributed by atoms with Gasteiger partial charge in [-0.3, -0.25) is 9.10 Å². The van der Waals surface area contributed by atoms with Crippen LogP contribution in [0.4, 0.5) is 5.69 Å². The van der Waals surface area contributed by atoms with E-state index in [1.54, 1.807) is 24.3 Å². The van der Waals surface area contributed by atoms with E-state index in [-0.39, 0.29) is 17.4 Å². The number of nitrogens with zero attached hydrogens (tertiary/aromatic N) is 1. The summed E-state index contributed by atoms with van der Waals surface area (Å²) in [5.74, 6) is 0.303. The molecular weight excluding hydrogens is 460 g/mol. The van der Waals surface area contributed by atoms with Gasteiger partial charge in [-0.2, -0.15) is 0 Å². The van der Waals surface area contributed by atoms with Crippen LogP contribution in [0.15, 0.2) is 83.8 Å². The van der Waals surface area contributed by atoms with Crippen molar-refractivity contribution >= 4 is 33.2 Å². The molecule has 3 rings (SSSR count). The third-order valence-corrected chi connectivity index (χ3v) is 7.14. The summed E-state index contributed by atoms with van der Waals surface area (Å²) in [6.45, 7) is 4.39. The van der Waals surface area contributed by atoms with E-state index >= 15 is 0 Å². The SMILES string of the molecule is CCOc1ccc(N(CC(=O)NCC(C)c2ccccc2)S(=O)(=O)c2ccc(Cl)cc2)cc1. The van der Waals surface area contributed by atoms with Crippen LogP contribution in [0.5, 0.6) is 5.75 Å². The molecule has 3 aromatic carbocycles. The third-order valence-electron chi connectivity index (χ3n) is 5.10. The maximum Gasteiger partial charge on any atom is 0.264 e.